The molecular formula is C28H31F3N2O5. The first-order chi connectivity index (χ1) is 18.0. The molecule has 3 fully saturated rings. The Bertz CT molecular complexity index is 1220. The van der Waals surface area contributed by atoms with E-state index in [0.29, 0.717) is 51.1 Å². The second-order valence-corrected chi connectivity index (χ2v) is 10.5. The zero-order valence-corrected chi connectivity index (χ0v) is 21.1. The van der Waals surface area contributed by atoms with Gasteiger partial charge >= 0.3 is 12.1 Å². The van der Waals surface area contributed by atoms with Crippen LogP contribution in [0.4, 0.5) is 13.2 Å². The second kappa shape index (κ2) is 9.89. The molecule has 2 aromatic rings. The summed E-state index contributed by atoms with van der Waals surface area (Å²) >= 11 is 0. The number of carbonyl (C=O) groups is 2. The summed E-state index contributed by atoms with van der Waals surface area (Å²) in [4.78, 5) is 27.5. The van der Waals surface area contributed by atoms with Crippen LogP contribution in [0.1, 0.15) is 59.2 Å². The topological polar surface area (TPSA) is 88.1 Å². The maximum Gasteiger partial charge on any atom is 0.416 e. The highest BCUT2D eigenvalue weighted by Gasteiger charge is 2.53. The van der Waals surface area contributed by atoms with Gasteiger partial charge in [0.15, 0.2) is 0 Å². The largest absolute Gasteiger partial charge is 0.489 e. The first-order valence-electron chi connectivity index (χ1n) is 12.9. The summed E-state index contributed by atoms with van der Waals surface area (Å²) in [5, 5.41) is 12.6. The van der Waals surface area contributed by atoms with E-state index in [4.69, 9.17) is 9.47 Å². The number of carboxylic acids is 1. The van der Waals surface area contributed by atoms with Gasteiger partial charge in [0.1, 0.15) is 17.4 Å². The van der Waals surface area contributed by atoms with E-state index in [0.717, 1.165) is 30.5 Å². The monoisotopic (exact) mass is 532 g/mol. The molecule has 0 spiro atoms. The quantitative estimate of drug-likeness (QED) is 0.545. The minimum atomic E-state index is -4.45. The Kier molecular flexibility index (Phi) is 6.89. The molecule has 3 aliphatic rings. The van der Waals surface area contributed by atoms with Crippen LogP contribution in [0.3, 0.4) is 0 Å². The lowest BCUT2D eigenvalue weighted by Gasteiger charge is -2.44. The van der Waals surface area contributed by atoms with Crippen molar-refractivity contribution in [2.75, 3.05) is 26.3 Å². The number of rotatable bonds is 7. The number of carbonyl (C=O) groups excluding carboxylic acids is 1. The van der Waals surface area contributed by atoms with E-state index < -0.39 is 28.8 Å². The van der Waals surface area contributed by atoms with E-state index in [1.165, 1.54) is 12.1 Å². The van der Waals surface area contributed by atoms with Crippen molar-refractivity contribution in [2.24, 2.45) is 0 Å². The van der Waals surface area contributed by atoms with Crippen molar-refractivity contribution in [1.82, 2.24) is 10.2 Å². The molecule has 2 saturated heterocycles. The van der Waals surface area contributed by atoms with Crippen LogP contribution in [0.5, 0.6) is 5.75 Å². The van der Waals surface area contributed by atoms with Gasteiger partial charge < -0.3 is 19.9 Å². The molecule has 1 saturated carbocycles. The van der Waals surface area contributed by atoms with Gasteiger partial charge in [0.2, 0.25) is 5.91 Å². The molecular weight excluding hydrogens is 501 g/mol. The Labute approximate surface area is 218 Å². The van der Waals surface area contributed by atoms with Crippen LogP contribution >= 0.6 is 0 Å². The van der Waals surface area contributed by atoms with Gasteiger partial charge in [-0.25, -0.2) is 4.79 Å². The molecule has 10 heteroatoms. The number of carboxylic acid groups (broad SMARTS) is 1. The third-order valence-electron chi connectivity index (χ3n) is 8.07. The maximum absolute atomic E-state index is 13.9. The van der Waals surface area contributed by atoms with E-state index in [1.807, 2.05) is 6.07 Å². The number of hydrogen-bond acceptors (Lipinski definition) is 5. The SMILES string of the molecule is Cc1cc(C2(NC(=O)C3(N4CC[C@@H](Oc5cccc(C(F)(F)F)c5)C4)CCOCC3)CC2)ccc1C(=O)O. The summed E-state index contributed by atoms with van der Waals surface area (Å²) in [5.41, 5.74) is -0.325. The molecule has 38 heavy (non-hydrogen) atoms. The van der Waals surface area contributed by atoms with Gasteiger partial charge in [0.05, 0.1) is 16.7 Å². The Morgan fingerprint density at radius 2 is 1.84 bits per heavy atom. The number of hydrogen-bond donors (Lipinski definition) is 2. The van der Waals surface area contributed by atoms with E-state index in [2.05, 4.69) is 10.2 Å². The van der Waals surface area contributed by atoms with Crippen molar-refractivity contribution in [3.63, 3.8) is 0 Å². The lowest BCUT2D eigenvalue weighted by molar-refractivity contribution is -0.141. The molecule has 0 bridgehead atoms. The second-order valence-electron chi connectivity index (χ2n) is 10.5. The molecule has 2 N–H and O–H groups in total. The van der Waals surface area contributed by atoms with Gasteiger partial charge in [-0.2, -0.15) is 13.2 Å². The predicted molar refractivity (Wildman–Crippen MR) is 132 cm³/mol. The van der Waals surface area contributed by atoms with E-state index in [1.54, 1.807) is 19.1 Å². The number of nitrogens with one attached hydrogen (secondary N) is 1. The Morgan fingerprint density at radius 3 is 2.47 bits per heavy atom. The molecule has 204 valence electrons. The third kappa shape index (κ3) is 5.11. The van der Waals surface area contributed by atoms with Gasteiger partial charge in [-0.05, 0) is 74.4 Å². The first kappa shape index (κ1) is 26.5. The third-order valence-corrected chi connectivity index (χ3v) is 8.07. The van der Waals surface area contributed by atoms with Crippen LogP contribution in [0, 0.1) is 6.92 Å². The number of benzene rings is 2. The zero-order chi connectivity index (χ0) is 27.1. The number of amides is 1. The van der Waals surface area contributed by atoms with Gasteiger partial charge in [-0.1, -0.05) is 18.2 Å². The Hall–Kier alpha value is -3.11. The van der Waals surface area contributed by atoms with Crippen molar-refractivity contribution < 1.29 is 37.3 Å². The standard InChI is InChI=1S/C28H31F3N2O5/c1-18-15-19(5-6-23(18)24(34)35)26(8-9-26)32-25(36)27(10-13-37-14-11-27)33-12-7-22(17-33)38-21-4-2-3-20(16-21)28(29,30)31/h2-6,15-16,22H,7-14,17H2,1H3,(H,32,36)(H,34,35)/t22-/m1/s1. The predicted octanol–water partition coefficient (Wildman–Crippen LogP) is 4.52. The Morgan fingerprint density at radius 1 is 1.11 bits per heavy atom. The van der Waals surface area contributed by atoms with Gasteiger partial charge in [0.25, 0.3) is 0 Å². The number of alkyl halides is 3. The van der Waals surface area contributed by atoms with Crippen molar-refractivity contribution in [3.05, 3.63) is 64.7 Å². The molecule has 2 aliphatic heterocycles. The van der Waals surface area contributed by atoms with E-state index in [-0.39, 0.29) is 23.3 Å². The number of ether oxygens (including phenoxy) is 2. The highest BCUT2D eigenvalue weighted by atomic mass is 19.4. The van der Waals surface area contributed by atoms with Crippen molar-refractivity contribution >= 4 is 11.9 Å². The summed E-state index contributed by atoms with van der Waals surface area (Å²) in [6.07, 6.45) is -1.67. The minimum Gasteiger partial charge on any atom is -0.489 e. The molecule has 5 rings (SSSR count). The number of halogens is 3. The van der Waals surface area contributed by atoms with Crippen LogP contribution in [-0.2, 0) is 21.2 Å². The lowest BCUT2D eigenvalue weighted by atomic mass is 9.86. The molecule has 0 radical (unpaired) electrons. The molecule has 1 amide bonds. The van der Waals surface area contributed by atoms with Crippen LogP contribution in [0.25, 0.3) is 0 Å². The molecule has 7 nitrogen and oxygen atoms in total. The summed E-state index contributed by atoms with van der Waals surface area (Å²) in [6, 6.07) is 10.1. The number of aromatic carboxylic acids is 1. The van der Waals surface area contributed by atoms with Crippen molar-refractivity contribution in [3.8, 4) is 5.75 Å². The van der Waals surface area contributed by atoms with Gasteiger partial charge in [-0.15, -0.1) is 0 Å². The molecule has 1 atom stereocenters. The molecule has 1 aliphatic carbocycles. The maximum atomic E-state index is 13.9. The molecule has 0 aromatic heterocycles. The number of likely N-dealkylation sites (tertiary alicyclic amines) is 1. The van der Waals surface area contributed by atoms with Crippen LogP contribution < -0.4 is 10.1 Å². The summed E-state index contributed by atoms with van der Waals surface area (Å²) < 4.78 is 50.9. The van der Waals surface area contributed by atoms with Gasteiger partial charge in [-0.3, -0.25) is 9.69 Å². The fourth-order valence-electron chi connectivity index (χ4n) is 5.69. The summed E-state index contributed by atoms with van der Waals surface area (Å²) in [7, 11) is 0. The highest BCUT2D eigenvalue weighted by molar-refractivity contribution is 5.90. The average molecular weight is 533 g/mol. The molecule has 2 heterocycles. The normalized spacial score (nSPS) is 22.6. The highest BCUT2D eigenvalue weighted by Crippen LogP contribution is 2.47. The van der Waals surface area contributed by atoms with Crippen LogP contribution in [0.2, 0.25) is 0 Å². The van der Waals surface area contributed by atoms with Crippen molar-refractivity contribution in [1.29, 1.82) is 0 Å². The summed E-state index contributed by atoms with van der Waals surface area (Å²) in [5.74, 6) is -0.924. The smallest absolute Gasteiger partial charge is 0.416 e. The molecule has 0 unspecified atom stereocenters. The lowest BCUT2D eigenvalue weighted by Crippen LogP contribution is -2.62. The van der Waals surface area contributed by atoms with Gasteiger partial charge in [0, 0.05) is 26.3 Å². The average Bonchev–Trinajstić information content (AvgIpc) is 3.51. The molecule has 2 aromatic carbocycles. The number of aryl methyl sites for hydroxylation is 1. The van der Waals surface area contributed by atoms with Crippen molar-refractivity contribution in [2.45, 2.75) is 62.4 Å². The first-order valence-corrected chi connectivity index (χ1v) is 12.9. The Balaban J connectivity index is 1.31. The van der Waals surface area contributed by atoms with E-state index in [9.17, 15) is 27.9 Å². The van der Waals surface area contributed by atoms with Crippen LogP contribution in [-0.4, -0.2) is 59.8 Å². The van der Waals surface area contributed by atoms with E-state index >= 15 is 0 Å². The fraction of sp³-hybridized carbons (Fsp3) is 0.500. The zero-order valence-electron chi connectivity index (χ0n) is 21.1. The number of nitrogens with zero attached hydrogens (tertiary/aromatic N) is 1. The summed E-state index contributed by atoms with van der Waals surface area (Å²) in [6.45, 7) is 3.62. The van der Waals surface area contributed by atoms with Crippen LogP contribution in [0.15, 0.2) is 42.5 Å². The fourth-order valence-corrected chi connectivity index (χ4v) is 5.69. The minimum absolute atomic E-state index is 0.0991.